The van der Waals surface area contributed by atoms with Gasteiger partial charge in [0.1, 0.15) is 35.8 Å². The lowest BCUT2D eigenvalue weighted by Gasteiger charge is -2.31. The van der Waals surface area contributed by atoms with Crippen molar-refractivity contribution in [1.82, 2.24) is 9.97 Å². The molecule has 8 rings (SSSR count). The Kier molecular flexibility index (Phi) is 4.61. The maximum Gasteiger partial charge on any atom is 0.238 e. The molecule has 3 aromatic rings. The van der Waals surface area contributed by atoms with E-state index in [2.05, 4.69) is 15.3 Å². The molecule has 1 spiro atoms. The third-order valence-corrected chi connectivity index (χ3v) is 8.68. The quantitative estimate of drug-likeness (QED) is 0.518. The summed E-state index contributed by atoms with van der Waals surface area (Å²) in [4.78, 5) is 37.8. The van der Waals surface area contributed by atoms with Crippen molar-refractivity contribution in [2.75, 3.05) is 28.3 Å². The highest BCUT2D eigenvalue weighted by Gasteiger charge is 2.61. The Balaban J connectivity index is 1.10. The molecular formula is C29H26FN5O4. The second-order valence-corrected chi connectivity index (χ2v) is 11.2. The lowest BCUT2D eigenvalue weighted by atomic mass is 9.94. The van der Waals surface area contributed by atoms with Crippen LogP contribution in [0.4, 0.5) is 27.3 Å². The van der Waals surface area contributed by atoms with Gasteiger partial charge in [-0.05, 0) is 50.8 Å². The van der Waals surface area contributed by atoms with Crippen LogP contribution in [0.1, 0.15) is 50.7 Å². The van der Waals surface area contributed by atoms with Crippen molar-refractivity contribution < 1.29 is 23.5 Å². The van der Waals surface area contributed by atoms with E-state index in [9.17, 15) is 9.59 Å². The fourth-order valence-electron chi connectivity index (χ4n) is 6.49. The topological polar surface area (TPSA) is 96.9 Å². The molecule has 2 aromatic heterocycles. The highest BCUT2D eigenvalue weighted by Crippen LogP contribution is 2.58. The van der Waals surface area contributed by atoms with Gasteiger partial charge in [0.2, 0.25) is 17.7 Å². The van der Waals surface area contributed by atoms with E-state index in [-0.39, 0.29) is 35.1 Å². The third kappa shape index (κ3) is 3.36. The molecule has 2 saturated heterocycles. The number of nitrogens with zero attached hydrogens (tertiary/aromatic N) is 4. The standard InChI is InChI=1S/C29H26FN5O4/c1-15-18-9-25(31-13-20(18)19-8-21(30)22(10-24(19)39-15)34-6-2-3-26(34)36)33-16-7-23-27(32-12-16)38-14-17-11-29(4-5-29)28(37)35(17)23/h7-10,12-13,15,17H,2-6,11,14H2,1H3,(H,31,33)/t15?,17-/m0/s1. The van der Waals surface area contributed by atoms with E-state index in [4.69, 9.17) is 9.47 Å². The summed E-state index contributed by atoms with van der Waals surface area (Å²) in [6.45, 7) is 2.91. The zero-order valence-corrected chi connectivity index (χ0v) is 21.4. The molecule has 1 unspecified atom stereocenters. The summed E-state index contributed by atoms with van der Waals surface area (Å²) in [7, 11) is 0. The lowest BCUT2D eigenvalue weighted by molar-refractivity contribution is -0.121. The summed E-state index contributed by atoms with van der Waals surface area (Å²) >= 11 is 0. The number of hydrogen-bond donors (Lipinski definition) is 1. The first-order valence-electron chi connectivity index (χ1n) is 13.4. The van der Waals surface area contributed by atoms with Crippen LogP contribution in [0.5, 0.6) is 11.6 Å². The van der Waals surface area contributed by atoms with Crippen LogP contribution in [0.25, 0.3) is 11.1 Å². The van der Waals surface area contributed by atoms with Gasteiger partial charge in [0.15, 0.2) is 0 Å². The molecule has 0 radical (unpaired) electrons. The minimum atomic E-state index is -0.458. The highest BCUT2D eigenvalue weighted by atomic mass is 19.1. The van der Waals surface area contributed by atoms with Crippen LogP contribution < -0.4 is 24.6 Å². The van der Waals surface area contributed by atoms with E-state index in [1.165, 1.54) is 11.0 Å². The Bertz CT molecular complexity index is 1590. The second-order valence-electron chi connectivity index (χ2n) is 11.2. The van der Waals surface area contributed by atoms with Crippen LogP contribution in [0, 0.1) is 11.2 Å². The van der Waals surface area contributed by atoms with E-state index in [1.807, 2.05) is 24.0 Å². The molecule has 5 aliphatic rings. The van der Waals surface area contributed by atoms with Crippen LogP contribution in [0.2, 0.25) is 0 Å². The number of pyridine rings is 2. The number of fused-ring (bicyclic) bond motifs is 6. The fraction of sp³-hybridized carbons (Fsp3) is 0.379. The number of rotatable bonds is 3. The van der Waals surface area contributed by atoms with Crippen molar-refractivity contribution in [1.29, 1.82) is 0 Å². The molecule has 2 amide bonds. The molecule has 1 aromatic carbocycles. The molecule has 6 heterocycles. The van der Waals surface area contributed by atoms with Crippen molar-refractivity contribution in [2.45, 2.75) is 51.2 Å². The van der Waals surface area contributed by atoms with Crippen molar-refractivity contribution >= 4 is 34.7 Å². The van der Waals surface area contributed by atoms with Gasteiger partial charge < -0.3 is 24.6 Å². The first kappa shape index (κ1) is 22.7. The Labute approximate surface area is 223 Å². The van der Waals surface area contributed by atoms with Crippen LogP contribution >= 0.6 is 0 Å². The zero-order chi connectivity index (χ0) is 26.5. The van der Waals surface area contributed by atoms with E-state index in [1.54, 1.807) is 18.5 Å². The first-order valence-corrected chi connectivity index (χ1v) is 13.4. The average molecular weight is 528 g/mol. The number of anilines is 4. The summed E-state index contributed by atoms with van der Waals surface area (Å²) in [5.74, 6) is 1.23. The fourth-order valence-corrected chi connectivity index (χ4v) is 6.49. The number of nitrogens with one attached hydrogen (secondary N) is 1. The molecule has 1 aliphatic carbocycles. The molecule has 10 heteroatoms. The summed E-state index contributed by atoms with van der Waals surface area (Å²) in [6, 6.07) is 6.88. The number of hydrogen-bond acceptors (Lipinski definition) is 7. The molecule has 3 fully saturated rings. The summed E-state index contributed by atoms with van der Waals surface area (Å²) in [5, 5.41) is 3.30. The number of carbonyl (C=O) groups excluding carboxylic acids is 2. The van der Waals surface area contributed by atoms with E-state index in [0.29, 0.717) is 54.0 Å². The Morgan fingerprint density at radius 2 is 1.95 bits per heavy atom. The van der Waals surface area contributed by atoms with Crippen LogP contribution in [0.3, 0.4) is 0 Å². The second kappa shape index (κ2) is 7.91. The van der Waals surface area contributed by atoms with Gasteiger partial charge in [-0.15, -0.1) is 0 Å². The predicted molar refractivity (Wildman–Crippen MR) is 141 cm³/mol. The molecule has 198 valence electrons. The molecule has 4 aliphatic heterocycles. The van der Waals surface area contributed by atoms with Crippen LogP contribution in [-0.4, -0.2) is 41.0 Å². The van der Waals surface area contributed by atoms with Crippen molar-refractivity contribution in [2.24, 2.45) is 5.41 Å². The summed E-state index contributed by atoms with van der Waals surface area (Å²) in [5.41, 5.74) is 3.69. The Morgan fingerprint density at radius 3 is 2.74 bits per heavy atom. The van der Waals surface area contributed by atoms with E-state index >= 15 is 4.39 Å². The number of carbonyl (C=O) groups is 2. The van der Waals surface area contributed by atoms with Gasteiger partial charge in [0.25, 0.3) is 0 Å². The number of benzene rings is 1. The molecule has 2 atom stereocenters. The van der Waals surface area contributed by atoms with Crippen LogP contribution in [0.15, 0.2) is 36.7 Å². The third-order valence-electron chi connectivity index (χ3n) is 8.68. The normalized spacial score (nSPS) is 23.5. The van der Waals surface area contributed by atoms with Gasteiger partial charge in [0.05, 0.1) is 29.0 Å². The average Bonchev–Trinajstić information content (AvgIpc) is 3.49. The molecule has 9 nitrogen and oxygen atoms in total. The number of halogens is 1. The van der Waals surface area contributed by atoms with E-state index < -0.39 is 5.82 Å². The van der Waals surface area contributed by atoms with Gasteiger partial charge in [-0.1, -0.05) is 0 Å². The van der Waals surface area contributed by atoms with Gasteiger partial charge in [-0.2, -0.15) is 0 Å². The number of aromatic nitrogens is 2. The SMILES string of the molecule is CC1Oc2cc(N3CCCC3=O)c(F)cc2-c2cnc(Nc3cnc4c(c3)N3C(=O)C5(CC5)C[C@H]3CO4)cc21. The molecule has 1 saturated carbocycles. The first-order chi connectivity index (χ1) is 18.9. The molecular weight excluding hydrogens is 501 g/mol. The summed E-state index contributed by atoms with van der Waals surface area (Å²) in [6.07, 6.45) is 6.95. The number of ether oxygens (including phenoxy) is 2. The monoisotopic (exact) mass is 527 g/mol. The Morgan fingerprint density at radius 1 is 1.08 bits per heavy atom. The lowest BCUT2D eigenvalue weighted by Crippen LogP contribution is -2.41. The minimum Gasteiger partial charge on any atom is -0.485 e. The summed E-state index contributed by atoms with van der Waals surface area (Å²) < 4.78 is 27.2. The minimum absolute atomic E-state index is 0.0500. The van der Waals surface area contributed by atoms with Gasteiger partial charge >= 0.3 is 0 Å². The largest absolute Gasteiger partial charge is 0.485 e. The van der Waals surface area contributed by atoms with Crippen molar-refractivity contribution in [3.63, 3.8) is 0 Å². The van der Waals surface area contributed by atoms with Gasteiger partial charge in [-0.3, -0.25) is 9.59 Å². The van der Waals surface area contributed by atoms with Crippen molar-refractivity contribution in [3.8, 4) is 22.8 Å². The van der Waals surface area contributed by atoms with Crippen molar-refractivity contribution in [3.05, 3.63) is 48.0 Å². The maximum atomic E-state index is 15.1. The zero-order valence-electron chi connectivity index (χ0n) is 21.4. The van der Waals surface area contributed by atoms with Gasteiger partial charge in [-0.25, -0.2) is 14.4 Å². The van der Waals surface area contributed by atoms with Crippen LogP contribution in [-0.2, 0) is 9.59 Å². The smallest absolute Gasteiger partial charge is 0.238 e. The van der Waals surface area contributed by atoms with E-state index in [0.717, 1.165) is 36.8 Å². The molecule has 39 heavy (non-hydrogen) atoms. The maximum absolute atomic E-state index is 15.1. The predicted octanol–water partition coefficient (Wildman–Crippen LogP) is 4.88. The van der Waals surface area contributed by atoms with Gasteiger partial charge in [0, 0.05) is 41.9 Å². The molecule has 0 bridgehead atoms. The molecule has 1 N–H and O–H groups in total. The number of amides is 2. The highest BCUT2D eigenvalue weighted by molar-refractivity contribution is 6.04. The Hall–Kier alpha value is -4.21.